The van der Waals surface area contributed by atoms with Crippen LogP contribution in [0.15, 0.2) is 0 Å². The van der Waals surface area contributed by atoms with Crippen LogP contribution in [0.1, 0.15) is 6.42 Å². The summed E-state index contributed by atoms with van der Waals surface area (Å²) in [6.07, 6.45) is -1.19. The molecule has 0 radical (unpaired) electrons. The van der Waals surface area contributed by atoms with E-state index in [4.69, 9.17) is 16.6 Å². The lowest BCUT2D eigenvalue weighted by atomic mass is 10.3. The standard InChI is InChI=1S/C8H15N3O4S/c9-6(13)4-16-2-1-7(14)11-3-5(12)8(10)15/h5,12H,1-4H2,(H2,9,13)(H2,10,15)(H,11,14). The van der Waals surface area contributed by atoms with Crippen LogP contribution in [0.2, 0.25) is 0 Å². The summed E-state index contributed by atoms with van der Waals surface area (Å²) in [7, 11) is 0. The summed E-state index contributed by atoms with van der Waals surface area (Å²) in [4.78, 5) is 31.9. The third-order valence-corrected chi connectivity index (χ3v) is 2.52. The average Bonchev–Trinajstić information content (AvgIpc) is 2.20. The van der Waals surface area contributed by atoms with Crippen LogP contribution < -0.4 is 16.8 Å². The fraction of sp³-hybridized carbons (Fsp3) is 0.625. The highest BCUT2D eigenvalue weighted by molar-refractivity contribution is 7.99. The summed E-state index contributed by atoms with van der Waals surface area (Å²) in [6, 6.07) is 0. The number of carbonyl (C=O) groups excluding carboxylic acids is 3. The van der Waals surface area contributed by atoms with Crippen LogP contribution in [0.25, 0.3) is 0 Å². The molecule has 0 saturated carbocycles. The Labute approximate surface area is 96.9 Å². The summed E-state index contributed by atoms with van der Waals surface area (Å²) >= 11 is 1.24. The van der Waals surface area contributed by atoms with Crippen molar-refractivity contribution in [2.75, 3.05) is 18.1 Å². The van der Waals surface area contributed by atoms with Gasteiger partial charge in [-0.15, -0.1) is 0 Å². The minimum absolute atomic E-state index is 0.164. The molecule has 0 aliphatic carbocycles. The molecular formula is C8H15N3O4S. The zero-order valence-electron chi connectivity index (χ0n) is 8.64. The molecule has 0 aromatic carbocycles. The van der Waals surface area contributed by atoms with Gasteiger partial charge >= 0.3 is 0 Å². The molecule has 0 rings (SSSR count). The van der Waals surface area contributed by atoms with E-state index in [-0.39, 0.29) is 24.6 Å². The number of carbonyl (C=O) groups is 3. The second-order valence-corrected chi connectivity index (χ2v) is 4.10. The second-order valence-electron chi connectivity index (χ2n) is 2.99. The Bertz CT molecular complexity index is 272. The summed E-state index contributed by atoms with van der Waals surface area (Å²) < 4.78 is 0. The number of primary amides is 2. The van der Waals surface area contributed by atoms with Gasteiger partial charge in [0, 0.05) is 12.2 Å². The lowest BCUT2D eigenvalue weighted by Crippen LogP contribution is -2.40. The number of nitrogens with one attached hydrogen (secondary N) is 1. The number of nitrogens with two attached hydrogens (primary N) is 2. The zero-order valence-corrected chi connectivity index (χ0v) is 9.46. The van der Waals surface area contributed by atoms with Gasteiger partial charge in [-0.3, -0.25) is 14.4 Å². The predicted molar refractivity (Wildman–Crippen MR) is 59.3 cm³/mol. The smallest absolute Gasteiger partial charge is 0.248 e. The van der Waals surface area contributed by atoms with Crippen molar-refractivity contribution in [3.05, 3.63) is 0 Å². The Morgan fingerprint density at radius 2 is 1.94 bits per heavy atom. The first-order valence-corrected chi connectivity index (χ1v) is 5.69. The van der Waals surface area contributed by atoms with Crippen molar-refractivity contribution in [3.8, 4) is 0 Å². The van der Waals surface area contributed by atoms with Crippen LogP contribution in [0.4, 0.5) is 0 Å². The van der Waals surface area contributed by atoms with E-state index in [9.17, 15) is 14.4 Å². The lowest BCUT2D eigenvalue weighted by Gasteiger charge is -2.07. The predicted octanol–water partition coefficient (Wildman–Crippen LogP) is -2.44. The van der Waals surface area contributed by atoms with Gasteiger partial charge in [-0.05, 0) is 0 Å². The number of hydrogen-bond donors (Lipinski definition) is 4. The molecule has 0 aliphatic rings. The SMILES string of the molecule is NC(=O)CSCCC(=O)NCC(O)C(N)=O. The van der Waals surface area contributed by atoms with Crippen LogP contribution in [-0.2, 0) is 14.4 Å². The van der Waals surface area contributed by atoms with Crippen molar-refractivity contribution < 1.29 is 19.5 Å². The molecular weight excluding hydrogens is 234 g/mol. The van der Waals surface area contributed by atoms with E-state index in [1.165, 1.54) is 11.8 Å². The number of amides is 3. The molecule has 92 valence electrons. The van der Waals surface area contributed by atoms with Gasteiger partial charge < -0.3 is 21.9 Å². The summed E-state index contributed by atoms with van der Waals surface area (Å²) in [6.45, 7) is -0.200. The van der Waals surface area contributed by atoms with E-state index < -0.39 is 17.9 Å². The molecule has 0 aromatic rings. The summed E-state index contributed by atoms with van der Waals surface area (Å²) in [5.41, 5.74) is 9.68. The van der Waals surface area contributed by atoms with Crippen molar-refractivity contribution >= 4 is 29.5 Å². The fourth-order valence-electron chi connectivity index (χ4n) is 0.737. The highest BCUT2D eigenvalue weighted by atomic mass is 32.2. The van der Waals surface area contributed by atoms with Gasteiger partial charge in [0.25, 0.3) is 0 Å². The molecule has 16 heavy (non-hydrogen) atoms. The number of aliphatic hydroxyl groups excluding tert-OH is 1. The van der Waals surface area contributed by atoms with Gasteiger partial charge in [-0.2, -0.15) is 11.8 Å². The van der Waals surface area contributed by atoms with Gasteiger partial charge in [0.1, 0.15) is 6.10 Å². The molecule has 0 saturated heterocycles. The molecule has 0 aromatic heterocycles. The van der Waals surface area contributed by atoms with Crippen LogP contribution in [-0.4, -0.2) is 47.0 Å². The maximum Gasteiger partial charge on any atom is 0.248 e. The van der Waals surface area contributed by atoms with Crippen molar-refractivity contribution in [3.63, 3.8) is 0 Å². The lowest BCUT2D eigenvalue weighted by molar-refractivity contribution is -0.127. The molecule has 1 unspecified atom stereocenters. The molecule has 7 nitrogen and oxygen atoms in total. The van der Waals surface area contributed by atoms with E-state index in [0.29, 0.717) is 5.75 Å². The monoisotopic (exact) mass is 249 g/mol. The van der Waals surface area contributed by atoms with Crippen LogP contribution in [0.5, 0.6) is 0 Å². The van der Waals surface area contributed by atoms with Gasteiger partial charge in [0.15, 0.2) is 0 Å². The first-order chi connectivity index (χ1) is 7.43. The summed E-state index contributed by atoms with van der Waals surface area (Å²) in [5, 5.41) is 11.3. The van der Waals surface area contributed by atoms with Crippen LogP contribution in [0.3, 0.4) is 0 Å². The quantitative estimate of drug-likeness (QED) is 0.354. The summed E-state index contributed by atoms with van der Waals surface area (Å²) in [5.74, 6) is -1.03. The first kappa shape index (κ1) is 14.7. The van der Waals surface area contributed by atoms with E-state index in [0.717, 1.165) is 0 Å². The van der Waals surface area contributed by atoms with E-state index in [2.05, 4.69) is 5.32 Å². The molecule has 6 N–H and O–H groups in total. The molecule has 3 amide bonds. The third-order valence-electron chi connectivity index (χ3n) is 1.54. The Kier molecular flexibility index (Phi) is 7.31. The Morgan fingerprint density at radius 1 is 1.31 bits per heavy atom. The molecule has 0 bridgehead atoms. The minimum atomic E-state index is -1.37. The van der Waals surface area contributed by atoms with E-state index >= 15 is 0 Å². The Balaban J connectivity index is 3.52. The maximum absolute atomic E-state index is 11.1. The highest BCUT2D eigenvalue weighted by Gasteiger charge is 2.11. The molecule has 8 heteroatoms. The molecule has 0 spiro atoms. The van der Waals surface area contributed by atoms with Crippen LogP contribution in [0, 0.1) is 0 Å². The van der Waals surface area contributed by atoms with Gasteiger partial charge in [0.2, 0.25) is 17.7 Å². The second kappa shape index (κ2) is 7.94. The van der Waals surface area contributed by atoms with Crippen LogP contribution >= 0.6 is 11.8 Å². The topological polar surface area (TPSA) is 136 Å². The van der Waals surface area contributed by atoms with Crippen molar-refractivity contribution in [2.24, 2.45) is 11.5 Å². The molecule has 0 heterocycles. The largest absolute Gasteiger partial charge is 0.381 e. The molecule has 0 fully saturated rings. The number of thioether (sulfide) groups is 1. The highest BCUT2D eigenvalue weighted by Crippen LogP contribution is 2.00. The minimum Gasteiger partial charge on any atom is -0.381 e. The van der Waals surface area contributed by atoms with E-state index in [1.807, 2.05) is 0 Å². The van der Waals surface area contributed by atoms with Crippen molar-refractivity contribution in [2.45, 2.75) is 12.5 Å². The fourth-order valence-corrected chi connectivity index (χ4v) is 1.41. The van der Waals surface area contributed by atoms with E-state index in [1.54, 1.807) is 0 Å². The molecule has 1 atom stereocenters. The van der Waals surface area contributed by atoms with Gasteiger partial charge in [-0.1, -0.05) is 0 Å². The molecule has 0 aliphatic heterocycles. The van der Waals surface area contributed by atoms with Gasteiger partial charge in [-0.25, -0.2) is 0 Å². The Morgan fingerprint density at radius 3 is 2.44 bits per heavy atom. The zero-order chi connectivity index (χ0) is 12.6. The first-order valence-electron chi connectivity index (χ1n) is 4.53. The normalized spacial score (nSPS) is 11.8. The maximum atomic E-state index is 11.1. The van der Waals surface area contributed by atoms with Gasteiger partial charge in [0.05, 0.1) is 12.3 Å². The van der Waals surface area contributed by atoms with Crippen molar-refractivity contribution in [1.82, 2.24) is 5.32 Å². The Hall–Kier alpha value is -1.28. The van der Waals surface area contributed by atoms with Crippen molar-refractivity contribution in [1.29, 1.82) is 0 Å². The number of rotatable bonds is 8. The third kappa shape index (κ3) is 8.06. The number of hydrogen-bond acceptors (Lipinski definition) is 5. The number of aliphatic hydroxyl groups is 1. The average molecular weight is 249 g/mol.